The van der Waals surface area contributed by atoms with E-state index >= 15 is 0 Å². The summed E-state index contributed by atoms with van der Waals surface area (Å²) in [6.07, 6.45) is 3.71. The van der Waals surface area contributed by atoms with Crippen LogP contribution in [0.25, 0.3) is 0 Å². The fourth-order valence-electron chi connectivity index (χ4n) is 4.46. The van der Waals surface area contributed by atoms with Gasteiger partial charge in [-0.1, -0.05) is 30.3 Å². The van der Waals surface area contributed by atoms with E-state index in [0.29, 0.717) is 31.2 Å². The van der Waals surface area contributed by atoms with Gasteiger partial charge in [-0.25, -0.2) is 9.97 Å². The summed E-state index contributed by atoms with van der Waals surface area (Å²) >= 11 is 0. The van der Waals surface area contributed by atoms with E-state index in [0.717, 1.165) is 36.9 Å². The minimum absolute atomic E-state index is 0.0303. The van der Waals surface area contributed by atoms with Gasteiger partial charge in [0, 0.05) is 31.3 Å². The highest BCUT2D eigenvalue weighted by Gasteiger charge is 2.35. The summed E-state index contributed by atoms with van der Waals surface area (Å²) in [5, 5.41) is 2.59. The second kappa shape index (κ2) is 9.46. The fourth-order valence-corrected chi connectivity index (χ4v) is 4.46. The van der Waals surface area contributed by atoms with Gasteiger partial charge in [0.1, 0.15) is 5.82 Å². The van der Waals surface area contributed by atoms with Gasteiger partial charge in [-0.3, -0.25) is 19.3 Å². The number of nitrogens with one attached hydrogen (secondary N) is 1. The first kappa shape index (κ1) is 21.9. The van der Waals surface area contributed by atoms with Gasteiger partial charge in [-0.05, 0) is 38.2 Å². The summed E-state index contributed by atoms with van der Waals surface area (Å²) in [6.45, 7) is 4.44. The number of anilines is 1. The van der Waals surface area contributed by atoms with Crippen LogP contribution in [-0.2, 0) is 27.2 Å². The molecule has 4 rings (SSSR count). The van der Waals surface area contributed by atoms with Crippen LogP contribution in [0.3, 0.4) is 0 Å². The van der Waals surface area contributed by atoms with Crippen molar-refractivity contribution in [1.29, 1.82) is 0 Å². The molecule has 2 aliphatic heterocycles. The minimum atomic E-state index is -0.249. The van der Waals surface area contributed by atoms with E-state index in [1.807, 2.05) is 25.1 Å². The van der Waals surface area contributed by atoms with Crippen molar-refractivity contribution in [2.45, 2.75) is 52.0 Å². The van der Waals surface area contributed by atoms with Gasteiger partial charge >= 0.3 is 0 Å². The molecule has 2 aliphatic rings. The number of hydrogen-bond donors (Lipinski definition) is 1. The summed E-state index contributed by atoms with van der Waals surface area (Å²) in [4.78, 5) is 49.8. The zero-order valence-corrected chi connectivity index (χ0v) is 18.6. The maximum absolute atomic E-state index is 12.8. The Morgan fingerprint density at radius 3 is 2.69 bits per heavy atom. The average Bonchev–Trinajstić information content (AvgIpc) is 3.12. The number of amides is 3. The van der Waals surface area contributed by atoms with E-state index in [1.54, 1.807) is 9.80 Å². The molecule has 0 spiro atoms. The minimum Gasteiger partial charge on any atom is -0.347 e. The van der Waals surface area contributed by atoms with E-state index in [-0.39, 0.29) is 30.3 Å². The fraction of sp³-hybridized carbons (Fsp3) is 0.458. The van der Waals surface area contributed by atoms with Gasteiger partial charge in [0.05, 0.1) is 19.0 Å². The molecule has 0 unspecified atom stereocenters. The molecule has 1 fully saturated rings. The quantitative estimate of drug-likeness (QED) is 0.750. The van der Waals surface area contributed by atoms with Crippen LogP contribution in [0, 0.1) is 6.92 Å². The highest BCUT2D eigenvalue weighted by molar-refractivity contribution is 6.00. The van der Waals surface area contributed by atoms with Crippen molar-refractivity contribution in [3.8, 4) is 0 Å². The molecule has 32 heavy (non-hydrogen) atoms. The number of likely N-dealkylation sites (tertiary alicyclic amines) is 1. The molecule has 1 N–H and O–H groups in total. The molecule has 1 saturated heterocycles. The van der Waals surface area contributed by atoms with Gasteiger partial charge in [-0.15, -0.1) is 0 Å². The molecule has 2 aromatic rings. The number of benzene rings is 1. The maximum Gasteiger partial charge on any atom is 0.242 e. The molecule has 0 bridgehead atoms. The molecule has 3 heterocycles. The lowest BCUT2D eigenvalue weighted by Crippen LogP contribution is -2.44. The third kappa shape index (κ3) is 4.64. The molecule has 8 heteroatoms. The lowest BCUT2D eigenvalue weighted by Gasteiger charge is -2.35. The molecule has 0 radical (unpaired) electrons. The lowest BCUT2D eigenvalue weighted by atomic mass is 10.0. The highest BCUT2D eigenvalue weighted by atomic mass is 16.2. The largest absolute Gasteiger partial charge is 0.347 e. The number of piperidine rings is 1. The van der Waals surface area contributed by atoms with Crippen LogP contribution < -0.4 is 10.2 Å². The van der Waals surface area contributed by atoms with Crippen molar-refractivity contribution in [2.75, 3.05) is 24.5 Å². The van der Waals surface area contributed by atoms with Gasteiger partial charge in [0.25, 0.3) is 0 Å². The zero-order valence-electron chi connectivity index (χ0n) is 18.6. The first-order valence-electron chi connectivity index (χ1n) is 11.2. The Balaban J connectivity index is 1.58. The Morgan fingerprint density at radius 1 is 1.16 bits per heavy atom. The molecule has 1 aromatic heterocycles. The van der Waals surface area contributed by atoms with Gasteiger partial charge in [0.15, 0.2) is 5.82 Å². The lowest BCUT2D eigenvalue weighted by molar-refractivity contribution is -0.136. The predicted octanol–water partition coefficient (Wildman–Crippen LogP) is 2.11. The molecule has 8 nitrogen and oxygen atoms in total. The number of rotatable bonds is 6. The molecular formula is C24H29N5O3. The van der Waals surface area contributed by atoms with E-state index in [2.05, 4.69) is 17.4 Å². The number of hydrogen-bond acceptors (Lipinski definition) is 5. The van der Waals surface area contributed by atoms with Gasteiger partial charge in [-0.2, -0.15) is 0 Å². The first-order valence-corrected chi connectivity index (χ1v) is 11.2. The van der Waals surface area contributed by atoms with Crippen molar-refractivity contribution in [3.05, 3.63) is 53.0 Å². The van der Waals surface area contributed by atoms with Crippen molar-refractivity contribution < 1.29 is 14.4 Å². The Morgan fingerprint density at radius 2 is 1.94 bits per heavy atom. The number of aromatic nitrogens is 2. The normalized spacial score (nSPS) is 17.9. The summed E-state index contributed by atoms with van der Waals surface area (Å²) < 4.78 is 0. The van der Waals surface area contributed by atoms with Gasteiger partial charge in [0.2, 0.25) is 17.7 Å². The Hall–Kier alpha value is -3.29. The second-order valence-corrected chi connectivity index (χ2v) is 8.44. The average molecular weight is 436 g/mol. The van der Waals surface area contributed by atoms with Crippen LogP contribution in [0.1, 0.15) is 54.9 Å². The van der Waals surface area contributed by atoms with Crippen molar-refractivity contribution in [3.63, 3.8) is 0 Å². The van der Waals surface area contributed by atoms with Crippen LogP contribution in [0.15, 0.2) is 30.3 Å². The predicted molar refractivity (Wildman–Crippen MR) is 120 cm³/mol. The number of nitrogens with zero attached hydrogens (tertiary/aromatic N) is 4. The molecule has 0 saturated carbocycles. The molecule has 0 aliphatic carbocycles. The SMILES string of the molecule is CC(=O)NCC(=O)N1CCCC[C@H]1c1nc(C)c2c(n1)N(CCc1ccccc1)C(=O)C2. The van der Waals surface area contributed by atoms with Crippen LogP contribution >= 0.6 is 0 Å². The second-order valence-electron chi connectivity index (χ2n) is 8.44. The molecule has 3 amide bonds. The topological polar surface area (TPSA) is 95.5 Å². The van der Waals surface area contributed by atoms with Gasteiger partial charge < -0.3 is 10.2 Å². The monoisotopic (exact) mass is 435 g/mol. The Bertz CT molecular complexity index is 1020. The van der Waals surface area contributed by atoms with Crippen molar-refractivity contribution in [1.82, 2.24) is 20.2 Å². The molecule has 168 valence electrons. The standard InChI is InChI=1S/C24H29N5O3/c1-16-19-14-21(31)29(13-11-18-8-4-3-5-9-18)24(19)27-23(26-16)20-10-6-7-12-28(20)22(32)15-25-17(2)30/h3-5,8-9,20H,6-7,10-15H2,1-2H3,(H,25,30)/t20-/m0/s1. The van der Waals surface area contributed by atoms with E-state index in [1.165, 1.54) is 12.5 Å². The van der Waals surface area contributed by atoms with E-state index < -0.39 is 0 Å². The van der Waals surface area contributed by atoms with E-state index in [9.17, 15) is 14.4 Å². The van der Waals surface area contributed by atoms with Crippen LogP contribution in [-0.4, -0.2) is 52.2 Å². The van der Waals surface area contributed by atoms with Crippen molar-refractivity contribution >= 4 is 23.5 Å². The zero-order chi connectivity index (χ0) is 22.7. The van der Waals surface area contributed by atoms with Crippen molar-refractivity contribution in [2.24, 2.45) is 0 Å². The third-order valence-corrected chi connectivity index (χ3v) is 6.17. The summed E-state index contributed by atoms with van der Waals surface area (Å²) in [7, 11) is 0. The number of aryl methyl sites for hydroxylation is 1. The summed E-state index contributed by atoms with van der Waals surface area (Å²) in [6, 6.07) is 9.83. The van der Waals surface area contributed by atoms with Crippen LogP contribution in [0.4, 0.5) is 5.82 Å². The summed E-state index contributed by atoms with van der Waals surface area (Å²) in [5.41, 5.74) is 2.83. The third-order valence-electron chi connectivity index (χ3n) is 6.17. The number of fused-ring (bicyclic) bond motifs is 1. The molecular weight excluding hydrogens is 406 g/mol. The highest BCUT2D eigenvalue weighted by Crippen LogP contribution is 2.34. The van der Waals surface area contributed by atoms with Crippen LogP contribution in [0.2, 0.25) is 0 Å². The van der Waals surface area contributed by atoms with Crippen LogP contribution in [0.5, 0.6) is 0 Å². The molecule has 1 atom stereocenters. The maximum atomic E-state index is 12.8. The Kier molecular flexibility index (Phi) is 6.48. The number of carbonyl (C=O) groups excluding carboxylic acids is 3. The molecule has 1 aromatic carbocycles. The smallest absolute Gasteiger partial charge is 0.242 e. The number of carbonyl (C=O) groups is 3. The first-order chi connectivity index (χ1) is 15.4. The summed E-state index contributed by atoms with van der Waals surface area (Å²) in [5.74, 6) is 0.922. The Labute approximate surface area is 188 Å². The van der Waals surface area contributed by atoms with E-state index in [4.69, 9.17) is 9.97 Å².